The molecule has 1 unspecified atom stereocenters. The van der Waals surface area contributed by atoms with Gasteiger partial charge in [-0.15, -0.1) is 0 Å². The highest BCUT2D eigenvalue weighted by Gasteiger charge is 2.12. The quantitative estimate of drug-likeness (QED) is 0.775. The summed E-state index contributed by atoms with van der Waals surface area (Å²) in [4.78, 5) is 16.0. The van der Waals surface area contributed by atoms with E-state index in [0.29, 0.717) is 30.0 Å². The van der Waals surface area contributed by atoms with Gasteiger partial charge in [0.1, 0.15) is 5.52 Å². The number of nitrogens with zero attached hydrogens (tertiary/aromatic N) is 3. The van der Waals surface area contributed by atoms with Gasteiger partial charge in [0.25, 0.3) is 0 Å². The number of fused-ring (bicyclic) bond motifs is 1. The van der Waals surface area contributed by atoms with Crippen molar-refractivity contribution in [2.75, 3.05) is 18.5 Å². The smallest absolute Gasteiger partial charge is 0.245 e. The maximum Gasteiger partial charge on any atom is 0.245 e. The molecule has 1 atom stereocenters. The van der Waals surface area contributed by atoms with Crippen LogP contribution in [0.3, 0.4) is 0 Å². The van der Waals surface area contributed by atoms with Gasteiger partial charge in [-0.2, -0.15) is 9.97 Å². The summed E-state index contributed by atoms with van der Waals surface area (Å²) in [6.07, 6.45) is 4.95. The number of rotatable bonds is 8. The lowest BCUT2D eigenvalue weighted by Gasteiger charge is -2.12. The lowest BCUT2D eigenvalue weighted by atomic mass is 10.1. The van der Waals surface area contributed by atoms with Crippen LogP contribution in [0.15, 0.2) is 6.33 Å². The van der Waals surface area contributed by atoms with E-state index in [0.717, 1.165) is 31.3 Å². The van der Waals surface area contributed by atoms with Crippen LogP contribution in [0.5, 0.6) is 5.88 Å². The Balaban J connectivity index is 2.14. The number of hydrogen-bond donors (Lipinski definition) is 2. The van der Waals surface area contributed by atoms with E-state index in [4.69, 9.17) is 4.74 Å². The Hall–Kier alpha value is -1.85. The van der Waals surface area contributed by atoms with Gasteiger partial charge in [0.05, 0.1) is 12.9 Å². The Morgan fingerprint density at radius 2 is 2.15 bits per heavy atom. The molecule has 0 saturated heterocycles. The van der Waals surface area contributed by atoms with Crippen LogP contribution in [0.1, 0.15) is 40.0 Å². The molecule has 0 aliphatic carbocycles. The summed E-state index contributed by atoms with van der Waals surface area (Å²) in [5, 5.41) is 3.17. The number of aromatic nitrogens is 4. The Kier molecular flexibility index (Phi) is 5.15. The van der Waals surface area contributed by atoms with Crippen LogP contribution in [0, 0.1) is 5.92 Å². The first-order valence-corrected chi connectivity index (χ1v) is 7.32. The van der Waals surface area contributed by atoms with Crippen molar-refractivity contribution in [3.8, 4) is 5.88 Å². The van der Waals surface area contributed by atoms with Crippen molar-refractivity contribution in [1.82, 2.24) is 19.9 Å². The van der Waals surface area contributed by atoms with Gasteiger partial charge in [0.2, 0.25) is 11.8 Å². The van der Waals surface area contributed by atoms with Crippen molar-refractivity contribution in [3.63, 3.8) is 0 Å². The molecule has 0 spiro atoms. The maximum absolute atomic E-state index is 5.85. The predicted molar refractivity (Wildman–Crippen MR) is 80.0 cm³/mol. The lowest BCUT2D eigenvalue weighted by molar-refractivity contribution is 0.245. The lowest BCUT2D eigenvalue weighted by Crippen LogP contribution is -2.11. The van der Waals surface area contributed by atoms with Gasteiger partial charge in [-0.1, -0.05) is 27.2 Å². The number of aromatic amines is 1. The molecule has 0 aliphatic heterocycles. The van der Waals surface area contributed by atoms with Crippen LogP contribution < -0.4 is 10.1 Å². The van der Waals surface area contributed by atoms with Gasteiger partial charge < -0.3 is 15.0 Å². The summed E-state index contributed by atoms with van der Waals surface area (Å²) in [6, 6.07) is 0. The van der Waals surface area contributed by atoms with Crippen molar-refractivity contribution in [2.24, 2.45) is 5.92 Å². The van der Waals surface area contributed by atoms with E-state index in [2.05, 4.69) is 46.0 Å². The Labute approximate surface area is 119 Å². The van der Waals surface area contributed by atoms with Gasteiger partial charge in [-0.3, -0.25) is 0 Å². The van der Waals surface area contributed by atoms with Crippen LogP contribution in [-0.4, -0.2) is 33.1 Å². The van der Waals surface area contributed by atoms with Crippen LogP contribution in [-0.2, 0) is 0 Å². The van der Waals surface area contributed by atoms with Crippen molar-refractivity contribution in [2.45, 2.75) is 40.0 Å². The molecule has 0 saturated carbocycles. The summed E-state index contributed by atoms with van der Waals surface area (Å²) in [5.41, 5.74) is 1.40. The molecule has 0 radical (unpaired) electrons. The summed E-state index contributed by atoms with van der Waals surface area (Å²) >= 11 is 0. The third-order valence-corrected chi connectivity index (χ3v) is 3.07. The van der Waals surface area contributed by atoms with Crippen LogP contribution >= 0.6 is 0 Å². The molecule has 0 aromatic carbocycles. The zero-order valence-electron chi connectivity index (χ0n) is 12.4. The number of hydrogen-bond acceptors (Lipinski definition) is 5. The molecule has 20 heavy (non-hydrogen) atoms. The SMILES string of the molecule is CCCNc1nc(OCC(C)CCC)c2[nH]cnc2n1. The molecule has 6 heteroatoms. The van der Waals surface area contributed by atoms with Crippen LogP contribution in [0.4, 0.5) is 5.95 Å². The topological polar surface area (TPSA) is 75.7 Å². The van der Waals surface area contributed by atoms with Gasteiger partial charge in [0.15, 0.2) is 5.65 Å². The second-order valence-corrected chi connectivity index (χ2v) is 5.09. The van der Waals surface area contributed by atoms with Gasteiger partial charge in [-0.25, -0.2) is 4.98 Å². The molecule has 0 bridgehead atoms. The van der Waals surface area contributed by atoms with Gasteiger partial charge >= 0.3 is 0 Å². The molecule has 2 heterocycles. The van der Waals surface area contributed by atoms with E-state index >= 15 is 0 Å². The molecular formula is C14H23N5O. The van der Waals surface area contributed by atoms with Crippen molar-refractivity contribution >= 4 is 17.1 Å². The first-order valence-electron chi connectivity index (χ1n) is 7.32. The minimum atomic E-state index is 0.514. The fourth-order valence-corrected chi connectivity index (χ4v) is 2.02. The van der Waals surface area contributed by atoms with E-state index in [-0.39, 0.29) is 0 Å². The van der Waals surface area contributed by atoms with Gasteiger partial charge in [0, 0.05) is 6.54 Å². The van der Waals surface area contributed by atoms with Crippen molar-refractivity contribution < 1.29 is 4.74 Å². The number of nitrogens with one attached hydrogen (secondary N) is 2. The molecule has 2 rings (SSSR count). The summed E-state index contributed by atoms with van der Waals surface area (Å²) in [6.45, 7) is 7.96. The predicted octanol–water partition coefficient (Wildman–Crippen LogP) is 2.99. The molecule has 0 fully saturated rings. The van der Waals surface area contributed by atoms with Crippen molar-refractivity contribution in [1.29, 1.82) is 0 Å². The second-order valence-electron chi connectivity index (χ2n) is 5.09. The Morgan fingerprint density at radius 1 is 1.30 bits per heavy atom. The highest BCUT2D eigenvalue weighted by molar-refractivity contribution is 5.76. The van der Waals surface area contributed by atoms with Crippen LogP contribution in [0.2, 0.25) is 0 Å². The molecular weight excluding hydrogens is 254 g/mol. The molecule has 2 aromatic heterocycles. The highest BCUT2D eigenvalue weighted by Crippen LogP contribution is 2.21. The van der Waals surface area contributed by atoms with E-state index in [9.17, 15) is 0 Å². The summed E-state index contributed by atoms with van der Waals surface area (Å²) < 4.78 is 5.85. The third-order valence-electron chi connectivity index (χ3n) is 3.07. The Bertz CT molecular complexity index is 539. The molecule has 110 valence electrons. The molecule has 0 aliphatic rings. The molecule has 2 aromatic rings. The fourth-order valence-electron chi connectivity index (χ4n) is 2.02. The maximum atomic E-state index is 5.85. The number of imidazole rings is 1. The minimum absolute atomic E-state index is 0.514. The number of ether oxygens (including phenoxy) is 1. The number of H-pyrrole nitrogens is 1. The number of anilines is 1. The van der Waals surface area contributed by atoms with Gasteiger partial charge in [-0.05, 0) is 18.8 Å². The molecule has 0 amide bonds. The van der Waals surface area contributed by atoms with Crippen molar-refractivity contribution in [3.05, 3.63) is 6.33 Å². The monoisotopic (exact) mass is 277 g/mol. The highest BCUT2D eigenvalue weighted by atomic mass is 16.5. The first kappa shape index (κ1) is 14.6. The fraction of sp³-hybridized carbons (Fsp3) is 0.643. The zero-order chi connectivity index (χ0) is 14.4. The minimum Gasteiger partial charge on any atom is -0.476 e. The molecule has 2 N–H and O–H groups in total. The standard InChI is InChI=1S/C14H23N5O/c1-4-6-10(3)8-20-13-11-12(17-9-16-11)18-14(19-13)15-7-5-2/h9-10H,4-8H2,1-3H3,(H2,15,16,17,18,19). The van der Waals surface area contributed by atoms with E-state index < -0.39 is 0 Å². The van der Waals surface area contributed by atoms with Crippen LogP contribution in [0.25, 0.3) is 11.2 Å². The Morgan fingerprint density at radius 3 is 2.90 bits per heavy atom. The van der Waals surface area contributed by atoms with E-state index in [1.165, 1.54) is 0 Å². The van der Waals surface area contributed by atoms with E-state index in [1.807, 2.05) is 0 Å². The largest absolute Gasteiger partial charge is 0.476 e. The average Bonchev–Trinajstić information content (AvgIpc) is 2.91. The summed E-state index contributed by atoms with van der Waals surface area (Å²) in [5.74, 6) is 1.67. The average molecular weight is 277 g/mol. The normalized spacial score (nSPS) is 12.6. The van der Waals surface area contributed by atoms with E-state index in [1.54, 1.807) is 6.33 Å². The third kappa shape index (κ3) is 3.59. The second kappa shape index (κ2) is 7.07. The zero-order valence-corrected chi connectivity index (χ0v) is 12.4. The molecule has 6 nitrogen and oxygen atoms in total. The summed E-state index contributed by atoms with van der Waals surface area (Å²) in [7, 11) is 0. The first-order chi connectivity index (χ1) is 9.74.